The van der Waals surface area contributed by atoms with Gasteiger partial charge in [0.15, 0.2) is 0 Å². The fourth-order valence-corrected chi connectivity index (χ4v) is 2.59. The van der Waals surface area contributed by atoms with Gasteiger partial charge in [-0.25, -0.2) is 0 Å². The first kappa shape index (κ1) is 15.6. The molecule has 5 heteroatoms. The second kappa shape index (κ2) is 6.63. The van der Waals surface area contributed by atoms with E-state index in [2.05, 4.69) is 0 Å². The number of carboxylic acids is 1. The molecule has 0 amide bonds. The van der Waals surface area contributed by atoms with Crippen LogP contribution < -0.4 is 24.0 Å². The maximum atomic E-state index is 11.2. The van der Waals surface area contributed by atoms with E-state index in [0.29, 0.717) is 11.6 Å². The Morgan fingerprint density at radius 2 is 2.00 bits per heavy atom. The minimum Gasteiger partial charge on any atom is -0.550 e. The van der Waals surface area contributed by atoms with Gasteiger partial charge in [-0.3, -0.25) is 0 Å². The fourth-order valence-electron chi connectivity index (χ4n) is 2.46. The van der Waals surface area contributed by atoms with E-state index in [-0.39, 0.29) is 24.8 Å². The number of likely N-dealkylation sites (tertiary alicyclic amines) is 1. The van der Waals surface area contributed by atoms with E-state index >= 15 is 0 Å². The van der Waals surface area contributed by atoms with Gasteiger partial charge in [-0.15, -0.1) is 0 Å². The summed E-state index contributed by atoms with van der Waals surface area (Å²) < 4.78 is 0. The van der Waals surface area contributed by atoms with Gasteiger partial charge < -0.3 is 14.8 Å². The third-order valence-corrected chi connectivity index (χ3v) is 3.67. The fraction of sp³-hybridized carbons (Fsp3) is 0.462. The monoisotopic (exact) mass is 259 g/mol. The number of nitrogens with zero attached hydrogens (tertiary/aromatic N) is 1. The molecule has 0 aromatic heterocycles. The molecule has 0 bridgehead atoms. The van der Waals surface area contributed by atoms with E-state index in [1.165, 1.54) is 0 Å². The minimum atomic E-state index is -0.962. The normalized spacial score (nSPS) is 24.3. The van der Waals surface area contributed by atoms with E-state index in [1.54, 1.807) is 0 Å². The van der Waals surface area contributed by atoms with Crippen molar-refractivity contribution in [3.8, 4) is 0 Å². The van der Waals surface area contributed by atoms with E-state index in [9.17, 15) is 9.90 Å². The van der Waals surface area contributed by atoms with E-state index in [0.717, 1.165) is 18.5 Å². The van der Waals surface area contributed by atoms with Crippen molar-refractivity contribution < 1.29 is 28.8 Å². The number of rotatable bonds is 2. The van der Waals surface area contributed by atoms with Crippen LogP contribution in [-0.4, -0.2) is 31.0 Å². The molecular formula is C13H15ClLiNO2. The van der Waals surface area contributed by atoms with Gasteiger partial charge in [-0.05, 0) is 43.6 Å². The molecule has 1 saturated heterocycles. The molecule has 0 N–H and O–H groups in total. The number of carbonyl (C=O) groups is 1. The van der Waals surface area contributed by atoms with Crippen LogP contribution in [0.15, 0.2) is 24.3 Å². The summed E-state index contributed by atoms with van der Waals surface area (Å²) in [6.07, 6.45) is 0.844. The van der Waals surface area contributed by atoms with E-state index < -0.39 is 11.9 Å². The number of piperidine rings is 1. The van der Waals surface area contributed by atoms with Crippen molar-refractivity contribution >= 4 is 17.6 Å². The Morgan fingerprint density at radius 1 is 1.39 bits per heavy atom. The van der Waals surface area contributed by atoms with Crippen molar-refractivity contribution in [2.24, 2.45) is 5.92 Å². The van der Waals surface area contributed by atoms with Crippen LogP contribution in [0, 0.1) is 5.92 Å². The summed E-state index contributed by atoms with van der Waals surface area (Å²) in [6.45, 7) is 1.46. The van der Waals surface area contributed by atoms with Crippen LogP contribution >= 0.6 is 11.6 Å². The number of carbonyl (C=O) groups excluding carboxylic acids is 1. The summed E-state index contributed by atoms with van der Waals surface area (Å²) in [6, 6.07) is 7.44. The maximum absolute atomic E-state index is 11.2. The molecule has 2 rings (SSSR count). The molecule has 0 radical (unpaired) electrons. The SMILES string of the molecule is CN1CCC(c2ccc(Cl)cc2)[C@H](C(=O)[O-])C1.[Li+]. The Labute approximate surface area is 124 Å². The smallest absolute Gasteiger partial charge is 0.550 e. The molecule has 0 spiro atoms. The number of hydrogen-bond acceptors (Lipinski definition) is 3. The summed E-state index contributed by atoms with van der Waals surface area (Å²) in [4.78, 5) is 13.2. The summed E-state index contributed by atoms with van der Waals surface area (Å²) in [5.74, 6) is -1.36. The van der Waals surface area contributed by atoms with Gasteiger partial charge in [0.05, 0.1) is 0 Å². The number of hydrogen-bond donors (Lipinski definition) is 0. The number of halogens is 1. The Kier molecular flexibility index (Phi) is 5.74. The quantitative estimate of drug-likeness (QED) is 0.585. The Morgan fingerprint density at radius 3 is 2.56 bits per heavy atom. The Balaban J connectivity index is 0.00000162. The molecular weight excluding hydrogens is 245 g/mol. The molecule has 0 aliphatic carbocycles. The first-order chi connectivity index (χ1) is 8.08. The van der Waals surface area contributed by atoms with Crippen LogP contribution in [0.1, 0.15) is 17.9 Å². The maximum Gasteiger partial charge on any atom is 1.00 e. The number of benzene rings is 1. The van der Waals surface area contributed by atoms with Gasteiger partial charge in [0.25, 0.3) is 0 Å². The van der Waals surface area contributed by atoms with Gasteiger partial charge in [0.1, 0.15) is 0 Å². The van der Waals surface area contributed by atoms with Gasteiger partial charge in [-0.2, -0.15) is 0 Å². The van der Waals surface area contributed by atoms with Gasteiger partial charge >= 0.3 is 18.9 Å². The van der Waals surface area contributed by atoms with E-state index in [4.69, 9.17) is 11.6 Å². The first-order valence-corrected chi connectivity index (χ1v) is 6.10. The van der Waals surface area contributed by atoms with Crippen molar-refractivity contribution in [1.29, 1.82) is 0 Å². The van der Waals surface area contributed by atoms with Crippen LogP contribution in [0.4, 0.5) is 0 Å². The second-order valence-corrected chi connectivity index (χ2v) is 5.07. The molecule has 1 fully saturated rings. The molecule has 1 unspecified atom stereocenters. The molecule has 1 aromatic carbocycles. The predicted molar refractivity (Wildman–Crippen MR) is 64.8 cm³/mol. The summed E-state index contributed by atoms with van der Waals surface area (Å²) in [5.41, 5.74) is 1.04. The predicted octanol–water partition coefficient (Wildman–Crippen LogP) is -1.87. The molecule has 0 saturated carbocycles. The molecule has 1 heterocycles. The summed E-state index contributed by atoms with van der Waals surface area (Å²) >= 11 is 5.84. The summed E-state index contributed by atoms with van der Waals surface area (Å²) in [5, 5.41) is 11.9. The van der Waals surface area contributed by atoms with Crippen molar-refractivity contribution in [3.05, 3.63) is 34.9 Å². The third kappa shape index (κ3) is 3.52. The van der Waals surface area contributed by atoms with Crippen LogP contribution in [0.3, 0.4) is 0 Å². The van der Waals surface area contributed by atoms with Crippen molar-refractivity contribution in [1.82, 2.24) is 4.90 Å². The van der Waals surface area contributed by atoms with Crippen molar-refractivity contribution in [3.63, 3.8) is 0 Å². The standard InChI is InChI=1S/C13H16ClNO2.Li/c1-15-7-6-11(12(8-15)13(16)17)9-2-4-10(14)5-3-9;/h2-5,11-12H,6-8H2,1H3,(H,16,17);/q;+1/p-1/t11?,12-;/m1./s1. The second-order valence-electron chi connectivity index (χ2n) is 4.63. The van der Waals surface area contributed by atoms with Gasteiger partial charge in [0.2, 0.25) is 0 Å². The zero-order chi connectivity index (χ0) is 12.4. The Hall–Kier alpha value is -0.463. The zero-order valence-corrected chi connectivity index (χ0v) is 11.5. The summed E-state index contributed by atoms with van der Waals surface area (Å²) in [7, 11) is 1.94. The molecule has 2 atom stereocenters. The number of aliphatic carboxylic acids is 1. The average molecular weight is 260 g/mol. The number of carboxylic acid groups (broad SMARTS) is 1. The molecule has 3 nitrogen and oxygen atoms in total. The van der Waals surface area contributed by atoms with Crippen LogP contribution in [0.5, 0.6) is 0 Å². The average Bonchev–Trinajstić information content (AvgIpc) is 2.30. The topological polar surface area (TPSA) is 43.4 Å². The largest absolute Gasteiger partial charge is 1.00 e. The minimum absolute atomic E-state index is 0. The van der Waals surface area contributed by atoms with Crippen LogP contribution in [0.2, 0.25) is 5.02 Å². The third-order valence-electron chi connectivity index (χ3n) is 3.42. The Bertz CT molecular complexity index is 410. The zero-order valence-electron chi connectivity index (χ0n) is 10.7. The van der Waals surface area contributed by atoms with Crippen molar-refractivity contribution in [2.75, 3.05) is 20.1 Å². The first-order valence-electron chi connectivity index (χ1n) is 5.73. The molecule has 18 heavy (non-hydrogen) atoms. The van der Waals surface area contributed by atoms with E-state index in [1.807, 2.05) is 36.2 Å². The van der Waals surface area contributed by atoms with Crippen molar-refractivity contribution in [2.45, 2.75) is 12.3 Å². The van der Waals surface area contributed by atoms with Crippen LogP contribution in [-0.2, 0) is 4.79 Å². The van der Waals surface area contributed by atoms with Gasteiger partial charge in [-0.1, -0.05) is 23.7 Å². The molecule has 1 aliphatic heterocycles. The molecule has 1 aliphatic rings. The van der Waals surface area contributed by atoms with Crippen LogP contribution in [0.25, 0.3) is 0 Å². The molecule has 92 valence electrons. The molecule has 1 aromatic rings. The van der Waals surface area contributed by atoms with Gasteiger partial charge in [0, 0.05) is 23.5 Å².